The van der Waals surface area contributed by atoms with E-state index in [0.717, 1.165) is 5.56 Å². The van der Waals surface area contributed by atoms with E-state index in [4.69, 9.17) is 0 Å². The van der Waals surface area contributed by atoms with Crippen LogP contribution in [0.15, 0.2) is 18.2 Å². The van der Waals surface area contributed by atoms with Crippen molar-refractivity contribution in [3.63, 3.8) is 0 Å². The third kappa shape index (κ3) is 3.34. The minimum absolute atomic E-state index is 0.103. The smallest absolute Gasteiger partial charge is 0.246 e. The van der Waals surface area contributed by atoms with Crippen LogP contribution in [0.1, 0.15) is 25.3 Å². The summed E-state index contributed by atoms with van der Waals surface area (Å²) in [6.45, 7) is 3.28. The number of nitrogens with one attached hydrogen (secondary N) is 3. The van der Waals surface area contributed by atoms with Crippen molar-refractivity contribution in [1.29, 1.82) is 0 Å². The molecule has 0 aliphatic carbocycles. The van der Waals surface area contributed by atoms with Gasteiger partial charge in [0.1, 0.15) is 6.04 Å². The highest BCUT2D eigenvalue weighted by atomic mass is 16.2. The van der Waals surface area contributed by atoms with Crippen LogP contribution in [0.4, 0.5) is 11.4 Å². The normalized spacial score (nSPS) is 17.5. The van der Waals surface area contributed by atoms with E-state index in [0.29, 0.717) is 24.2 Å². The molecule has 1 heterocycles. The fourth-order valence-corrected chi connectivity index (χ4v) is 2.07. The molecule has 0 saturated carbocycles. The van der Waals surface area contributed by atoms with Crippen molar-refractivity contribution < 1.29 is 14.4 Å². The van der Waals surface area contributed by atoms with Crippen LogP contribution in [-0.4, -0.2) is 23.8 Å². The monoisotopic (exact) mass is 275 g/mol. The lowest BCUT2D eigenvalue weighted by molar-refractivity contribution is -0.122. The van der Waals surface area contributed by atoms with Crippen molar-refractivity contribution in [2.45, 2.75) is 32.7 Å². The summed E-state index contributed by atoms with van der Waals surface area (Å²) in [7, 11) is 0. The zero-order valence-electron chi connectivity index (χ0n) is 11.4. The molecule has 3 amide bonds. The van der Waals surface area contributed by atoms with Gasteiger partial charge in [0.05, 0.1) is 0 Å². The summed E-state index contributed by atoms with van der Waals surface area (Å²) in [6, 6.07) is 4.80. The van der Waals surface area contributed by atoms with Gasteiger partial charge in [0.25, 0.3) is 0 Å². The predicted molar refractivity (Wildman–Crippen MR) is 75.3 cm³/mol. The van der Waals surface area contributed by atoms with E-state index in [9.17, 15) is 14.4 Å². The number of anilines is 2. The van der Waals surface area contributed by atoms with E-state index in [-0.39, 0.29) is 17.7 Å². The van der Waals surface area contributed by atoms with Crippen molar-refractivity contribution in [1.82, 2.24) is 5.32 Å². The summed E-state index contributed by atoms with van der Waals surface area (Å²) < 4.78 is 0. The lowest BCUT2D eigenvalue weighted by Gasteiger charge is -2.14. The molecule has 1 saturated heterocycles. The molecule has 6 heteroatoms. The molecule has 1 aliphatic heterocycles. The van der Waals surface area contributed by atoms with Crippen LogP contribution in [0.2, 0.25) is 0 Å². The molecule has 106 valence electrons. The SMILES string of the molecule is CC(=O)Nc1ccc(C)c(NC(=O)C2CCC(=O)N2)c1. The number of hydrogen-bond acceptors (Lipinski definition) is 3. The van der Waals surface area contributed by atoms with Crippen LogP contribution >= 0.6 is 0 Å². The summed E-state index contributed by atoms with van der Waals surface area (Å²) in [5.74, 6) is -0.512. The van der Waals surface area contributed by atoms with Crippen molar-refractivity contribution in [3.05, 3.63) is 23.8 Å². The molecule has 3 N–H and O–H groups in total. The van der Waals surface area contributed by atoms with Gasteiger partial charge in [0.2, 0.25) is 17.7 Å². The number of amides is 3. The van der Waals surface area contributed by atoms with Crippen molar-refractivity contribution in [2.75, 3.05) is 10.6 Å². The Morgan fingerprint density at radius 2 is 2.05 bits per heavy atom. The van der Waals surface area contributed by atoms with E-state index >= 15 is 0 Å². The Morgan fingerprint density at radius 1 is 1.30 bits per heavy atom. The summed E-state index contributed by atoms with van der Waals surface area (Å²) in [4.78, 5) is 34.2. The minimum atomic E-state index is -0.480. The molecule has 20 heavy (non-hydrogen) atoms. The molecular weight excluding hydrogens is 258 g/mol. The molecule has 6 nitrogen and oxygen atoms in total. The molecule has 1 fully saturated rings. The Kier molecular flexibility index (Phi) is 4.02. The first kappa shape index (κ1) is 14.0. The second-order valence-corrected chi connectivity index (χ2v) is 4.86. The molecule has 2 rings (SSSR count). The highest BCUT2D eigenvalue weighted by molar-refractivity contribution is 6.00. The summed E-state index contributed by atoms with van der Waals surface area (Å²) in [5, 5.41) is 8.06. The number of rotatable bonds is 3. The Morgan fingerprint density at radius 3 is 2.65 bits per heavy atom. The number of benzene rings is 1. The van der Waals surface area contributed by atoms with Crippen LogP contribution in [0.5, 0.6) is 0 Å². The number of hydrogen-bond donors (Lipinski definition) is 3. The Labute approximate surface area is 116 Å². The van der Waals surface area contributed by atoms with E-state index in [2.05, 4.69) is 16.0 Å². The third-order valence-electron chi connectivity index (χ3n) is 3.13. The van der Waals surface area contributed by atoms with Crippen molar-refractivity contribution in [2.24, 2.45) is 0 Å². The molecule has 1 unspecified atom stereocenters. The Hall–Kier alpha value is -2.37. The largest absolute Gasteiger partial charge is 0.344 e. The molecule has 1 aromatic rings. The number of carbonyl (C=O) groups is 3. The first-order valence-electron chi connectivity index (χ1n) is 6.44. The highest BCUT2D eigenvalue weighted by Crippen LogP contribution is 2.21. The third-order valence-corrected chi connectivity index (χ3v) is 3.13. The zero-order chi connectivity index (χ0) is 14.7. The van der Waals surface area contributed by atoms with E-state index in [1.54, 1.807) is 12.1 Å². The van der Waals surface area contributed by atoms with Crippen LogP contribution in [0.3, 0.4) is 0 Å². The van der Waals surface area contributed by atoms with Crippen molar-refractivity contribution >= 4 is 29.1 Å². The van der Waals surface area contributed by atoms with Crippen molar-refractivity contribution in [3.8, 4) is 0 Å². The standard InChI is InChI=1S/C14H17N3O3/c1-8-3-4-10(15-9(2)18)7-12(8)17-14(20)11-5-6-13(19)16-11/h3-4,7,11H,5-6H2,1-2H3,(H,15,18)(H,16,19)(H,17,20). The van der Waals surface area contributed by atoms with Crippen LogP contribution < -0.4 is 16.0 Å². The molecule has 0 bridgehead atoms. The van der Waals surface area contributed by atoms with E-state index in [1.807, 2.05) is 13.0 Å². The molecule has 0 radical (unpaired) electrons. The van der Waals surface area contributed by atoms with Gasteiger partial charge in [-0.1, -0.05) is 6.07 Å². The number of aryl methyl sites for hydroxylation is 1. The average molecular weight is 275 g/mol. The number of carbonyl (C=O) groups excluding carboxylic acids is 3. The van der Waals surface area contributed by atoms with Gasteiger partial charge in [-0.25, -0.2) is 0 Å². The molecular formula is C14H17N3O3. The van der Waals surface area contributed by atoms with Crippen LogP contribution in [0, 0.1) is 6.92 Å². The first-order chi connectivity index (χ1) is 9.45. The first-order valence-corrected chi connectivity index (χ1v) is 6.44. The minimum Gasteiger partial charge on any atom is -0.344 e. The Bertz CT molecular complexity index is 569. The van der Waals surface area contributed by atoms with E-state index < -0.39 is 6.04 Å². The maximum atomic E-state index is 12.0. The van der Waals surface area contributed by atoms with Gasteiger partial charge in [-0.05, 0) is 31.0 Å². The second-order valence-electron chi connectivity index (χ2n) is 4.86. The maximum absolute atomic E-state index is 12.0. The van der Waals surface area contributed by atoms with Gasteiger partial charge in [-0.15, -0.1) is 0 Å². The lowest BCUT2D eigenvalue weighted by atomic mass is 10.1. The molecule has 0 aromatic heterocycles. The second kappa shape index (κ2) is 5.73. The molecule has 1 aliphatic rings. The fraction of sp³-hybridized carbons (Fsp3) is 0.357. The van der Waals surface area contributed by atoms with Crippen LogP contribution in [-0.2, 0) is 14.4 Å². The molecule has 0 spiro atoms. The predicted octanol–water partition coefficient (Wildman–Crippen LogP) is 1.17. The zero-order valence-corrected chi connectivity index (χ0v) is 11.4. The van der Waals surface area contributed by atoms with E-state index in [1.165, 1.54) is 6.92 Å². The van der Waals surface area contributed by atoms with Gasteiger partial charge in [0.15, 0.2) is 0 Å². The molecule has 1 aromatic carbocycles. The van der Waals surface area contributed by atoms with Gasteiger partial charge in [0, 0.05) is 24.7 Å². The Balaban J connectivity index is 2.09. The fourth-order valence-electron chi connectivity index (χ4n) is 2.07. The van der Waals surface area contributed by atoms with Gasteiger partial charge < -0.3 is 16.0 Å². The lowest BCUT2D eigenvalue weighted by Crippen LogP contribution is -2.37. The topological polar surface area (TPSA) is 87.3 Å². The quantitative estimate of drug-likeness (QED) is 0.774. The summed E-state index contributed by atoms with van der Waals surface area (Å²) in [6.07, 6.45) is 0.887. The summed E-state index contributed by atoms with van der Waals surface area (Å²) in [5.41, 5.74) is 2.13. The molecule has 1 atom stereocenters. The summed E-state index contributed by atoms with van der Waals surface area (Å²) >= 11 is 0. The maximum Gasteiger partial charge on any atom is 0.246 e. The van der Waals surface area contributed by atoms with Crippen LogP contribution in [0.25, 0.3) is 0 Å². The van der Waals surface area contributed by atoms with Gasteiger partial charge in [-0.3, -0.25) is 14.4 Å². The highest BCUT2D eigenvalue weighted by Gasteiger charge is 2.27. The average Bonchev–Trinajstić information content (AvgIpc) is 2.79. The van der Waals surface area contributed by atoms with Gasteiger partial charge in [-0.2, -0.15) is 0 Å². The van der Waals surface area contributed by atoms with Gasteiger partial charge >= 0.3 is 0 Å².